The number of ether oxygens (including phenoxy) is 1. The summed E-state index contributed by atoms with van der Waals surface area (Å²) in [6, 6.07) is 12.5. The molecule has 30 heavy (non-hydrogen) atoms. The van der Waals surface area contributed by atoms with Crippen LogP contribution in [0.15, 0.2) is 52.0 Å². The number of nitrogens with zero attached hydrogens (tertiary/aromatic N) is 1. The number of hydrogen-bond acceptors (Lipinski definition) is 4. The molecule has 2 aromatic carbocycles. The van der Waals surface area contributed by atoms with Gasteiger partial charge in [-0.25, -0.2) is 10.2 Å². The van der Waals surface area contributed by atoms with E-state index in [4.69, 9.17) is 4.74 Å². The first-order valence-corrected chi connectivity index (χ1v) is 11.2. The van der Waals surface area contributed by atoms with Crippen molar-refractivity contribution in [3.8, 4) is 5.75 Å². The zero-order chi connectivity index (χ0) is 21.8. The highest BCUT2D eigenvalue weighted by molar-refractivity contribution is 9.10. The Morgan fingerprint density at radius 2 is 1.80 bits per heavy atom. The van der Waals surface area contributed by atoms with Crippen molar-refractivity contribution in [2.45, 2.75) is 58.8 Å². The van der Waals surface area contributed by atoms with E-state index in [0.29, 0.717) is 23.3 Å². The van der Waals surface area contributed by atoms with Gasteiger partial charge in [0.2, 0.25) is 5.91 Å². The van der Waals surface area contributed by atoms with Crippen molar-refractivity contribution >= 4 is 34.0 Å². The van der Waals surface area contributed by atoms with Crippen LogP contribution < -0.4 is 10.2 Å². The maximum absolute atomic E-state index is 12.5. The Labute approximate surface area is 187 Å². The van der Waals surface area contributed by atoms with Gasteiger partial charge in [0, 0.05) is 16.5 Å². The van der Waals surface area contributed by atoms with Gasteiger partial charge in [0.05, 0.1) is 11.8 Å². The van der Waals surface area contributed by atoms with Crippen molar-refractivity contribution in [2.24, 2.45) is 5.10 Å². The quantitative estimate of drug-likeness (QED) is 0.139. The van der Waals surface area contributed by atoms with Gasteiger partial charge in [-0.15, -0.1) is 0 Å². The molecule has 160 valence electrons. The maximum atomic E-state index is 12.5. The number of unbranched alkanes of at least 4 members (excludes halogenated alkanes) is 5. The van der Waals surface area contributed by atoms with Crippen molar-refractivity contribution in [3.63, 3.8) is 0 Å². The molecule has 0 heterocycles. The number of benzene rings is 2. The normalized spacial score (nSPS) is 10.9. The lowest BCUT2D eigenvalue weighted by Crippen LogP contribution is -2.17. The second-order valence-corrected chi connectivity index (χ2v) is 8.11. The summed E-state index contributed by atoms with van der Waals surface area (Å²) in [5.74, 6) is -0.173. The molecule has 1 N–H and O–H groups in total. The molecule has 0 aliphatic rings. The van der Waals surface area contributed by atoms with Gasteiger partial charge >= 0.3 is 5.97 Å². The average molecular weight is 473 g/mol. The van der Waals surface area contributed by atoms with E-state index in [-0.39, 0.29) is 5.91 Å². The Morgan fingerprint density at radius 3 is 2.57 bits per heavy atom. The van der Waals surface area contributed by atoms with Crippen LogP contribution in [-0.4, -0.2) is 18.1 Å². The van der Waals surface area contributed by atoms with Crippen molar-refractivity contribution in [3.05, 3.63) is 63.6 Å². The Morgan fingerprint density at radius 1 is 1.07 bits per heavy atom. The molecule has 6 heteroatoms. The number of halogens is 1. The summed E-state index contributed by atoms with van der Waals surface area (Å²) in [4.78, 5) is 24.5. The SMILES string of the molecule is CCCCCCCCC(=O)N/N=C/c1cc(Br)ccc1OC(=O)c1ccccc1C. The minimum atomic E-state index is -0.433. The van der Waals surface area contributed by atoms with Gasteiger partial charge in [0.1, 0.15) is 5.75 Å². The minimum Gasteiger partial charge on any atom is -0.422 e. The van der Waals surface area contributed by atoms with Crippen LogP contribution >= 0.6 is 15.9 Å². The molecule has 0 bridgehead atoms. The van der Waals surface area contributed by atoms with Gasteiger partial charge in [-0.2, -0.15) is 5.10 Å². The number of carbonyl (C=O) groups excluding carboxylic acids is 2. The van der Waals surface area contributed by atoms with E-state index in [1.54, 1.807) is 30.3 Å². The van der Waals surface area contributed by atoms with E-state index in [0.717, 1.165) is 29.3 Å². The molecule has 0 saturated carbocycles. The summed E-state index contributed by atoms with van der Waals surface area (Å²) < 4.78 is 6.39. The van der Waals surface area contributed by atoms with Gasteiger partial charge in [0.25, 0.3) is 0 Å². The molecule has 0 unspecified atom stereocenters. The van der Waals surface area contributed by atoms with Crippen molar-refractivity contribution in [1.29, 1.82) is 0 Å². The summed E-state index contributed by atoms with van der Waals surface area (Å²) in [5.41, 5.74) is 4.49. The Kier molecular flexibility index (Phi) is 10.3. The molecular weight excluding hydrogens is 444 g/mol. The molecule has 1 amide bonds. The number of hydrogen-bond donors (Lipinski definition) is 1. The van der Waals surface area contributed by atoms with Gasteiger partial charge < -0.3 is 4.74 Å². The number of carbonyl (C=O) groups is 2. The predicted octanol–water partition coefficient (Wildman–Crippen LogP) is 6.18. The first kappa shape index (κ1) is 23.8. The smallest absolute Gasteiger partial charge is 0.343 e. The summed E-state index contributed by atoms with van der Waals surface area (Å²) in [5, 5.41) is 4.03. The number of amides is 1. The van der Waals surface area contributed by atoms with Crippen LogP contribution in [-0.2, 0) is 4.79 Å². The Hall–Kier alpha value is -2.47. The van der Waals surface area contributed by atoms with E-state index in [2.05, 4.69) is 33.4 Å². The van der Waals surface area contributed by atoms with Gasteiger partial charge in [-0.1, -0.05) is 73.2 Å². The fraction of sp³-hybridized carbons (Fsp3) is 0.375. The molecule has 0 saturated heterocycles. The van der Waals surface area contributed by atoms with Gasteiger partial charge in [-0.3, -0.25) is 4.79 Å². The van der Waals surface area contributed by atoms with Crippen LogP contribution in [0.5, 0.6) is 5.75 Å². The topological polar surface area (TPSA) is 67.8 Å². The van der Waals surface area contributed by atoms with E-state index >= 15 is 0 Å². The zero-order valence-corrected chi connectivity index (χ0v) is 19.2. The minimum absolute atomic E-state index is 0.116. The third-order valence-corrected chi connectivity index (χ3v) is 5.18. The monoisotopic (exact) mass is 472 g/mol. The summed E-state index contributed by atoms with van der Waals surface area (Å²) in [6.45, 7) is 4.05. The van der Waals surface area contributed by atoms with Crippen LogP contribution in [0, 0.1) is 6.92 Å². The van der Waals surface area contributed by atoms with Crippen LogP contribution in [0.25, 0.3) is 0 Å². The molecule has 0 aliphatic heterocycles. The lowest BCUT2D eigenvalue weighted by molar-refractivity contribution is -0.121. The predicted molar refractivity (Wildman–Crippen MR) is 124 cm³/mol. The molecule has 5 nitrogen and oxygen atoms in total. The number of rotatable bonds is 11. The maximum Gasteiger partial charge on any atom is 0.343 e. The molecule has 0 aliphatic carbocycles. The largest absolute Gasteiger partial charge is 0.422 e. The number of esters is 1. The lowest BCUT2D eigenvalue weighted by Gasteiger charge is -2.09. The fourth-order valence-corrected chi connectivity index (χ4v) is 3.34. The number of hydrazone groups is 1. The van der Waals surface area contributed by atoms with Crippen LogP contribution in [0.1, 0.15) is 73.4 Å². The fourth-order valence-electron chi connectivity index (χ4n) is 2.97. The standard InChI is InChI=1S/C24H29BrN2O3/c1-3-4-5-6-7-8-13-23(28)27-26-17-19-16-20(25)14-15-22(19)30-24(29)21-12-10-9-11-18(21)2/h9-12,14-17H,3-8,13H2,1-2H3,(H,27,28)/b26-17+. The first-order chi connectivity index (χ1) is 14.5. The van der Waals surface area contributed by atoms with Crippen molar-refractivity contribution in [2.75, 3.05) is 0 Å². The molecule has 2 rings (SSSR count). The summed E-state index contributed by atoms with van der Waals surface area (Å²) in [7, 11) is 0. The van der Waals surface area contributed by atoms with E-state index in [1.165, 1.54) is 25.5 Å². The zero-order valence-electron chi connectivity index (χ0n) is 17.6. The number of aryl methyl sites for hydroxylation is 1. The lowest BCUT2D eigenvalue weighted by atomic mass is 10.1. The highest BCUT2D eigenvalue weighted by Gasteiger charge is 2.13. The Bertz CT molecular complexity index is 881. The highest BCUT2D eigenvalue weighted by Crippen LogP contribution is 2.23. The first-order valence-electron chi connectivity index (χ1n) is 10.4. The summed E-state index contributed by atoms with van der Waals surface area (Å²) in [6.07, 6.45) is 8.72. The molecule has 0 aromatic heterocycles. The third-order valence-electron chi connectivity index (χ3n) is 4.69. The average Bonchev–Trinajstić information content (AvgIpc) is 2.72. The molecule has 0 radical (unpaired) electrons. The molecular formula is C24H29BrN2O3. The van der Waals surface area contributed by atoms with Gasteiger partial charge in [-0.05, 0) is 43.2 Å². The van der Waals surface area contributed by atoms with Crippen LogP contribution in [0.3, 0.4) is 0 Å². The molecule has 0 spiro atoms. The Balaban J connectivity index is 1.92. The van der Waals surface area contributed by atoms with Crippen molar-refractivity contribution in [1.82, 2.24) is 5.43 Å². The van der Waals surface area contributed by atoms with Gasteiger partial charge in [0.15, 0.2) is 0 Å². The second kappa shape index (κ2) is 13.0. The second-order valence-electron chi connectivity index (χ2n) is 7.20. The molecule has 2 aromatic rings. The third kappa shape index (κ3) is 8.11. The van der Waals surface area contributed by atoms with Crippen molar-refractivity contribution < 1.29 is 14.3 Å². The summed E-state index contributed by atoms with van der Waals surface area (Å²) >= 11 is 3.41. The molecule has 0 fully saturated rings. The highest BCUT2D eigenvalue weighted by atomic mass is 79.9. The van der Waals surface area contributed by atoms with E-state index < -0.39 is 5.97 Å². The van der Waals surface area contributed by atoms with E-state index in [9.17, 15) is 9.59 Å². The van der Waals surface area contributed by atoms with E-state index in [1.807, 2.05) is 19.1 Å². The number of nitrogens with one attached hydrogen (secondary N) is 1. The van der Waals surface area contributed by atoms with Crippen LogP contribution in [0.4, 0.5) is 0 Å². The van der Waals surface area contributed by atoms with Crippen LogP contribution in [0.2, 0.25) is 0 Å². The molecule has 0 atom stereocenters.